The molecule has 44 valence electrons. The standard InChI is InChI=1S/C2HClF2O2.K.H/c3-1(4)2(6)7-5;;/h1H;;. The predicted molar refractivity (Wildman–Crippen MR) is 25.1 cm³/mol. The number of carbonyl (C=O) groups excluding carboxylic acids is 1. The van der Waals surface area contributed by atoms with Crippen LogP contribution in [0.1, 0.15) is 0 Å². The maximum atomic E-state index is 11.1. The van der Waals surface area contributed by atoms with Crippen LogP contribution >= 0.6 is 11.6 Å². The van der Waals surface area contributed by atoms with Crippen LogP contribution in [0.5, 0.6) is 0 Å². The van der Waals surface area contributed by atoms with Crippen LogP contribution < -0.4 is 0 Å². The van der Waals surface area contributed by atoms with Crippen LogP contribution in [0, 0.1) is 0 Å². The fourth-order valence-electron chi connectivity index (χ4n) is 0.0337. The van der Waals surface area contributed by atoms with E-state index in [1.165, 1.54) is 0 Å². The third-order valence-corrected chi connectivity index (χ3v) is 0.432. The predicted octanol–water partition coefficient (Wildman–Crippen LogP) is 0.300. The summed E-state index contributed by atoms with van der Waals surface area (Å²) in [6, 6.07) is 0. The molecule has 0 aliphatic heterocycles. The molecule has 0 aromatic rings. The molecule has 0 saturated carbocycles. The van der Waals surface area contributed by atoms with Crippen molar-refractivity contribution in [1.29, 1.82) is 0 Å². The van der Waals surface area contributed by atoms with Gasteiger partial charge in [0, 0.05) is 4.53 Å². The van der Waals surface area contributed by atoms with Crippen molar-refractivity contribution in [2.75, 3.05) is 0 Å². The van der Waals surface area contributed by atoms with E-state index in [-0.39, 0.29) is 51.4 Å². The van der Waals surface area contributed by atoms with Crippen LogP contribution in [0.3, 0.4) is 0 Å². The fraction of sp³-hybridized carbons (Fsp3) is 0.500. The molecule has 0 aromatic heterocycles. The summed E-state index contributed by atoms with van der Waals surface area (Å²) in [6.45, 7) is 0. The van der Waals surface area contributed by atoms with E-state index < -0.39 is 11.6 Å². The second-order valence-corrected chi connectivity index (χ2v) is 1.08. The van der Waals surface area contributed by atoms with E-state index in [0.29, 0.717) is 0 Å². The van der Waals surface area contributed by atoms with Gasteiger partial charge in [0.1, 0.15) is 0 Å². The van der Waals surface area contributed by atoms with Crippen molar-refractivity contribution in [3.8, 4) is 0 Å². The summed E-state index contributed by atoms with van der Waals surface area (Å²) >= 11 is 4.35. The summed E-state index contributed by atoms with van der Waals surface area (Å²) < 4.78 is 21.6. The molecule has 0 heterocycles. The first-order chi connectivity index (χ1) is 3.18. The zero-order valence-electron chi connectivity index (χ0n) is 3.03. The average molecular weight is 171 g/mol. The van der Waals surface area contributed by atoms with Crippen molar-refractivity contribution in [2.45, 2.75) is 5.63 Å². The van der Waals surface area contributed by atoms with Crippen LogP contribution in [0.2, 0.25) is 0 Å². The monoisotopic (exact) mass is 170 g/mol. The van der Waals surface area contributed by atoms with Crippen molar-refractivity contribution < 1.29 is 18.7 Å². The van der Waals surface area contributed by atoms with E-state index in [2.05, 4.69) is 16.5 Å². The first-order valence-electron chi connectivity index (χ1n) is 1.29. The minimum atomic E-state index is -2.40. The summed E-state index contributed by atoms with van der Waals surface area (Å²) in [5.41, 5.74) is -2.40. The molecule has 8 heavy (non-hydrogen) atoms. The Morgan fingerprint density at radius 3 is 2.12 bits per heavy atom. The molecule has 0 radical (unpaired) electrons. The van der Waals surface area contributed by atoms with Gasteiger partial charge in [-0.1, -0.05) is 11.6 Å². The molecule has 0 rings (SSSR count). The Hall–Kier alpha value is 1.26. The Balaban J connectivity index is 0. The van der Waals surface area contributed by atoms with Crippen molar-refractivity contribution in [3.63, 3.8) is 0 Å². The van der Waals surface area contributed by atoms with Gasteiger partial charge < -0.3 is 0 Å². The maximum absolute atomic E-state index is 11.1. The Morgan fingerprint density at radius 1 is 1.75 bits per heavy atom. The fourth-order valence-corrected chi connectivity index (χ4v) is 0.0673. The molecule has 6 heteroatoms. The number of hydrogen-bond donors (Lipinski definition) is 0. The molecule has 0 aliphatic rings. The van der Waals surface area contributed by atoms with Gasteiger partial charge in [-0.15, -0.1) is 0 Å². The average Bonchev–Trinajstić information content (AvgIpc) is 1.65. The molecule has 0 aromatic carbocycles. The summed E-state index contributed by atoms with van der Waals surface area (Å²) in [4.78, 5) is 11.8. The van der Waals surface area contributed by atoms with Crippen LogP contribution in [-0.2, 0) is 9.74 Å². The molecule has 1 unspecified atom stereocenters. The van der Waals surface area contributed by atoms with E-state index in [1.807, 2.05) is 0 Å². The number of halogens is 3. The van der Waals surface area contributed by atoms with E-state index in [1.54, 1.807) is 0 Å². The van der Waals surface area contributed by atoms with Gasteiger partial charge in [0.25, 0.3) is 5.63 Å². The molecular weight excluding hydrogens is 169 g/mol. The van der Waals surface area contributed by atoms with Crippen LogP contribution in [0.25, 0.3) is 0 Å². The van der Waals surface area contributed by atoms with Crippen LogP contribution in [0.4, 0.5) is 8.92 Å². The third kappa shape index (κ3) is 5.39. The zero-order chi connectivity index (χ0) is 5.86. The topological polar surface area (TPSA) is 26.3 Å². The van der Waals surface area contributed by atoms with E-state index in [4.69, 9.17) is 0 Å². The molecule has 2 nitrogen and oxygen atoms in total. The summed E-state index contributed by atoms with van der Waals surface area (Å²) in [5.74, 6) is -1.72. The molecule has 0 N–H and O–H groups in total. The van der Waals surface area contributed by atoms with Crippen molar-refractivity contribution in [3.05, 3.63) is 0 Å². The number of hydrogen-bond acceptors (Lipinski definition) is 2. The van der Waals surface area contributed by atoms with E-state index in [9.17, 15) is 13.7 Å². The van der Waals surface area contributed by atoms with Gasteiger partial charge in [-0.05, 0) is 0 Å². The zero-order valence-corrected chi connectivity index (χ0v) is 3.78. The minimum absolute atomic E-state index is 0. The second-order valence-electron chi connectivity index (χ2n) is 0.697. The SMILES string of the molecule is O=C(OF)C(F)Cl.[KH]. The number of carbonyl (C=O) groups is 1. The molecule has 0 aliphatic carbocycles. The third-order valence-electron chi connectivity index (χ3n) is 0.254. The summed E-state index contributed by atoms with van der Waals surface area (Å²) in [7, 11) is 0. The summed E-state index contributed by atoms with van der Waals surface area (Å²) in [5, 5.41) is 0. The van der Waals surface area contributed by atoms with Gasteiger partial charge in [0.15, 0.2) is 0 Å². The van der Waals surface area contributed by atoms with E-state index in [0.717, 1.165) is 0 Å². The molecule has 1 atom stereocenters. The van der Waals surface area contributed by atoms with Gasteiger partial charge in [0.2, 0.25) is 0 Å². The first-order valence-corrected chi connectivity index (χ1v) is 1.72. The van der Waals surface area contributed by atoms with Crippen LogP contribution in [-0.4, -0.2) is 63.0 Å². The quantitative estimate of drug-likeness (QED) is 0.418. The summed E-state index contributed by atoms with van der Waals surface area (Å²) in [6.07, 6.45) is 0. The Labute approximate surface area is 91.8 Å². The van der Waals surface area contributed by atoms with Crippen molar-refractivity contribution in [2.24, 2.45) is 0 Å². The molecule has 0 saturated heterocycles. The molecule has 0 fully saturated rings. The van der Waals surface area contributed by atoms with Crippen molar-refractivity contribution in [1.82, 2.24) is 0 Å². The van der Waals surface area contributed by atoms with Gasteiger partial charge in [-0.3, -0.25) is 4.94 Å². The molecule has 0 spiro atoms. The molecule has 0 amide bonds. The molecular formula is C2H2ClF2KO2. The normalized spacial score (nSPS) is 11.4. The Morgan fingerprint density at radius 2 is 2.12 bits per heavy atom. The van der Waals surface area contributed by atoms with Gasteiger partial charge in [0.05, 0.1) is 0 Å². The second kappa shape index (κ2) is 6.38. The van der Waals surface area contributed by atoms with Gasteiger partial charge >= 0.3 is 57.4 Å². The van der Waals surface area contributed by atoms with Crippen LogP contribution in [0.15, 0.2) is 0 Å². The Bertz CT molecular complexity index is 78.4. The van der Waals surface area contributed by atoms with E-state index >= 15 is 0 Å². The first kappa shape index (κ1) is 12.0. The Kier molecular flexibility index (Phi) is 9.55. The van der Waals surface area contributed by atoms with Crippen molar-refractivity contribution >= 4 is 69.0 Å². The number of rotatable bonds is 1. The number of alkyl halides is 2. The van der Waals surface area contributed by atoms with Gasteiger partial charge in [-0.2, -0.15) is 0 Å². The molecule has 0 bridgehead atoms. The van der Waals surface area contributed by atoms with Gasteiger partial charge in [-0.25, -0.2) is 9.18 Å².